The lowest BCUT2D eigenvalue weighted by molar-refractivity contribution is -0.183. The summed E-state index contributed by atoms with van der Waals surface area (Å²) in [5.74, 6) is -0.0346. The molecule has 11 rings (SSSR count). The van der Waals surface area contributed by atoms with E-state index in [4.69, 9.17) is 4.74 Å². The van der Waals surface area contributed by atoms with E-state index in [-0.39, 0.29) is 42.0 Å². The lowest BCUT2D eigenvalue weighted by Gasteiger charge is -2.62. The number of benzene rings is 2. The minimum atomic E-state index is -1.02. The Hall–Kier alpha value is -3.59. The maximum absolute atomic E-state index is 13.8. The molecule has 4 saturated heterocycles. The van der Waals surface area contributed by atoms with Crippen LogP contribution >= 0.6 is 0 Å². The average molecular weight is 647 g/mol. The summed E-state index contributed by atoms with van der Waals surface area (Å²) in [6, 6.07) is 13.2. The number of allylic oxidation sites excluding steroid dienone is 1. The first-order chi connectivity index (χ1) is 23.4. The molecule has 3 N–H and O–H groups in total. The smallest absolute Gasteiger partial charge is 0.316 e. The SMILES string of the molecule is CC=C1CN2[C@H]3Cc4c([nH]c5ccc(O)c([C@@H]6C[C@@]7(CC)CCCN8CCc9c(n6c6ccccc96)[C@@H]87)c45)[C@@H]2C[C@@H]1[C@]3(CO)C(=O)OC. The molecule has 1 unspecified atom stereocenters. The Morgan fingerprint density at radius 3 is 2.79 bits per heavy atom. The molecule has 2 aromatic carbocycles. The van der Waals surface area contributed by atoms with Crippen molar-refractivity contribution in [3.63, 3.8) is 0 Å². The number of carbonyl (C=O) groups is 1. The summed E-state index contributed by atoms with van der Waals surface area (Å²) in [7, 11) is 1.45. The Morgan fingerprint density at radius 2 is 2.00 bits per heavy atom. The number of para-hydroxylation sites is 1. The summed E-state index contributed by atoms with van der Waals surface area (Å²) >= 11 is 0. The van der Waals surface area contributed by atoms with Crippen molar-refractivity contribution in [2.24, 2.45) is 16.7 Å². The minimum absolute atomic E-state index is 0.0205. The Bertz CT molecular complexity index is 2060. The monoisotopic (exact) mass is 646 g/mol. The van der Waals surface area contributed by atoms with Crippen molar-refractivity contribution in [2.75, 3.05) is 33.4 Å². The van der Waals surface area contributed by atoms with Gasteiger partial charge >= 0.3 is 5.97 Å². The van der Waals surface area contributed by atoms with Gasteiger partial charge in [0.05, 0.1) is 31.8 Å². The van der Waals surface area contributed by atoms with Gasteiger partial charge in [0.2, 0.25) is 0 Å². The number of phenolic OH excluding ortho intramolecular Hbond substituents is 1. The van der Waals surface area contributed by atoms with Crippen LogP contribution in [0.25, 0.3) is 21.8 Å². The fraction of sp³-hybridized carbons (Fsp3) is 0.525. The number of hydrogen-bond donors (Lipinski definition) is 3. The number of piperidine rings is 4. The van der Waals surface area contributed by atoms with E-state index in [1.54, 1.807) is 0 Å². The van der Waals surface area contributed by atoms with Gasteiger partial charge in [-0.2, -0.15) is 0 Å². The van der Waals surface area contributed by atoms with Gasteiger partial charge < -0.3 is 24.5 Å². The zero-order valence-corrected chi connectivity index (χ0v) is 28.3. The van der Waals surface area contributed by atoms with E-state index < -0.39 is 5.41 Å². The summed E-state index contributed by atoms with van der Waals surface area (Å²) in [5.41, 5.74) is 9.07. The summed E-state index contributed by atoms with van der Waals surface area (Å²) in [5, 5.41) is 25.7. The van der Waals surface area contributed by atoms with Gasteiger partial charge in [-0.25, -0.2) is 0 Å². The molecular weight excluding hydrogens is 600 g/mol. The van der Waals surface area contributed by atoms with E-state index in [0.29, 0.717) is 18.2 Å². The second-order valence-electron chi connectivity index (χ2n) is 15.7. The van der Waals surface area contributed by atoms with Crippen LogP contribution in [0.2, 0.25) is 0 Å². The van der Waals surface area contributed by atoms with Gasteiger partial charge in [0, 0.05) is 63.8 Å². The van der Waals surface area contributed by atoms with Crippen molar-refractivity contribution in [3.8, 4) is 5.75 Å². The molecule has 0 amide bonds. The summed E-state index contributed by atoms with van der Waals surface area (Å²) < 4.78 is 8.11. The number of esters is 1. The summed E-state index contributed by atoms with van der Waals surface area (Å²) in [6.45, 7) is 7.26. The fourth-order valence-corrected chi connectivity index (χ4v) is 12.3. The molecule has 4 aromatic rings. The number of H-pyrrole nitrogens is 1. The van der Waals surface area contributed by atoms with Crippen LogP contribution in [0.4, 0.5) is 0 Å². The van der Waals surface area contributed by atoms with E-state index >= 15 is 0 Å². The first-order valence-corrected chi connectivity index (χ1v) is 18.2. The highest BCUT2D eigenvalue weighted by Gasteiger charge is 2.65. The maximum Gasteiger partial charge on any atom is 0.316 e. The molecule has 7 aliphatic heterocycles. The fourth-order valence-electron chi connectivity index (χ4n) is 12.3. The molecule has 2 aromatic heterocycles. The van der Waals surface area contributed by atoms with Crippen molar-refractivity contribution in [1.82, 2.24) is 19.4 Å². The molecule has 4 bridgehead atoms. The highest BCUT2D eigenvalue weighted by molar-refractivity contribution is 5.93. The topological polar surface area (TPSA) is 94.0 Å². The molecule has 9 heterocycles. The lowest BCUT2D eigenvalue weighted by Crippen LogP contribution is -2.69. The number of fused-ring (bicyclic) bond motifs is 7. The number of aromatic nitrogens is 2. The third kappa shape index (κ3) is 3.35. The van der Waals surface area contributed by atoms with Crippen molar-refractivity contribution in [2.45, 2.75) is 83.0 Å². The van der Waals surface area contributed by atoms with Crippen LogP contribution in [0, 0.1) is 16.7 Å². The van der Waals surface area contributed by atoms with E-state index in [9.17, 15) is 15.0 Å². The van der Waals surface area contributed by atoms with E-state index in [1.165, 1.54) is 58.9 Å². The average Bonchev–Trinajstić information content (AvgIpc) is 3.67. The number of aliphatic hydroxyl groups excluding tert-OH is 1. The van der Waals surface area contributed by atoms with Gasteiger partial charge in [-0.05, 0) is 93.2 Å². The van der Waals surface area contributed by atoms with Crippen LogP contribution < -0.4 is 0 Å². The molecular formula is C40H46N4O4. The Balaban J connectivity index is 1.23. The first kappa shape index (κ1) is 29.3. The molecule has 8 atom stereocenters. The number of carbonyl (C=O) groups excluding carboxylic acids is 1. The van der Waals surface area contributed by atoms with Crippen LogP contribution in [0.15, 0.2) is 48.0 Å². The molecule has 7 aliphatic rings. The maximum atomic E-state index is 13.8. The number of phenols is 1. The van der Waals surface area contributed by atoms with Gasteiger partial charge in [0.25, 0.3) is 0 Å². The standard InChI is InChI=1S/C40H46N4O4/c1-4-22-20-43-29-18-26(22)40(21-45,38(47)48-3)32(43)17-25-33-27(41-35(25)29)11-12-31(46)34(33)30-19-39(5-2)14-8-15-42-16-13-24-23-9-6-7-10-28(23)44(30)36(24)37(39)42/h4,6-7,9-12,26,29-30,32,37,41,45-46H,5,8,13-21H2,1-3H3/t26-,29-,30-,32-,37+,39+,40-/m0/s1. The highest BCUT2D eigenvalue weighted by Crippen LogP contribution is 2.63. The molecule has 0 aliphatic carbocycles. The summed E-state index contributed by atoms with van der Waals surface area (Å²) in [4.78, 5) is 22.9. The molecule has 8 heteroatoms. The zero-order valence-electron chi connectivity index (χ0n) is 28.3. The number of rotatable bonds is 4. The highest BCUT2D eigenvalue weighted by atomic mass is 16.5. The van der Waals surface area contributed by atoms with Crippen LogP contribution in [-0.2, 0) is 22.4 Å². The number of nitrogens with one attached hydrogen (secondary N) is 1. The molecule has 0 radical (unpaired) electrons. The summed E-state index contributed by atoms with van der Waals surface area (Å²) in [6.07, 6.45) is 9.09. The zero-order chi connectivity index (χ0) is 32.7. The molecule has 4 fully saturated rings. The first-order valence-electron chi connectivity index (χ1n) is 18.2. The van der Waals surface area contributed by atoms with Gasteiger partial charge in [-0.3, -0.25) is 14.6 Å². The van der Waals surface area contributed by atoms with Crippen molar-refractivity contribution >= 4 is 27.8 Å². The molecule has 8 nitrogen and oxygen atoms in total. The Morgan fingerprint density at radius 1 is 1.15 bits per heavy atom. The van der Waals surface area contributed by atoms with Crippen LogP contribution in [0.3, 0.4) is 0 Å². The quantitative estimate of drug-likeness (QED) is 0.178. The van der Waals surface area contributed by atoms with Gasteiger partial charge in [0.15, 0.2) is 0 Å². The predicted octanol–water partition coefficient (Wildman–Crippen LogP) is 6.31. The lowest BCUT2D eigenvalue weighted by atomic mass is 9.55. The van der Waals surface area contributed by atoms with Gasteiger partial charge in [-0.15, -0.1) is 0 Å². The number of nitrogens with zero attached hydrogens (tertiary/aromatic N) is 3. The van der Waals surface area contributed by atoms with E-state index in [1.807, 2.05) is 19.1 Å². The van der Waals surface area contributed by atoms with Crippen molar-refractivity contribution < 1.29 is 19.7 Å². The Labute approximate surface area is 281 Å². The second-order valence-corrected chi connectivity index (χ2v) is 15.7. The third-order valence-corrected chi connectivity index (χ3v) is 14.3. The number of aliphatic hydroxyl groups is 1. The van der Waals surface area contributed by atoms with Gasteiger partial charge in [-0.1, -0.05) is 36.8 Å². The molecule has 48 heavy (non-hydrogen) atoms. The number of aromatic hydroxyl groups is 1. The minimum Gasteiger partial charge on any atom is -0.508 e. The van der Waals surface area contributed by atoms with Crippen LogP contribution in [0.1, 0.15) is 92.2 Å². The van der Waals surface area contributed by atoms with Crippen LogP contribution in [0.5, 0.6) is 5.75 Å². The van der Waals surface area contributed by atoms with Crippen molar-refractivity contribution in [1.29, 1.82) is 0 Å². The largest absolute Gasteiger partial charge is 0.508 e. The Kier molecular flexibility index (Phi) is 6.11. The number of hydrogen-bond acceptors (Lipinski definition) is 6. The van der Waals surface area contributed by atoms with Gasteiger partial charge in [0.1, 0.15) is 11.2 Å². The van der Waals surface area contributed by atoms with E-state index in [2.05, 4.69) is 56.6 Å². The molecule has 0 saturated carbocycles. The van der Waals surface area contributed by atoms with Crippen molar-refractivity contribution in [3.05, 3.63) is 76.1 Å². The molecule has 250 valence electrons. The third-order valence-electron chi connectivity index (χ3n) is 14.3. The normalized spacial score (nSPS) is 35.6. The van der Waals surface area contributed by atoms with E-state index in [0.717, 1.165) is 61.8 Å². The van der Waals surface area contributed by atoms with Crippen LogP contribution in [-0.4, -0.2) is 74.9 Å². The predicted molar refractivity (Wildman–Crippen MR) is 185 cm³/mol. The number of aromatic amines is 1. The number of ether oxygens (including phenoxy) is 1. The molecule has 0 spiro atoms. The second kappa shape index (κ2) is 9.99. The number of methoxy groups -OCH3 is 1.